The van der Waals surface area contributed by atoms with E-state index in [1.807, 2.05) is 12.1 Å². The molecule has 0 unspecified atom stereocenters. The van der Waals surface area contributed by atoms with Crippen molar-refractivity contribution < 1.29 is 4.79 Å². The van der Waals surface area contributed by atoms with Gasteiger partial charge in [-0.05, 0) is 11.1 Å². The standard InChI is InChI=1S/C18H14N4O/c19-11-15(13-7-3-1-4-8-13)17(22-21)18(23)16(12-20)14-9-5-2-6-10-14/h1-10,15-16H,21H2/b22-17+/t15-,16+/m1/s1. The summed E-state index contributed by atoms with van der Waals surface area (Å²) in [4.78, 5) is 12.7. The zero-order valence-electron chi connectivity index (χ0n) is 12.3. The Hall–Kier alpha value is -3.44. The van der Waals surface area contributed by atoms with Crippen LogP contribution in [0.2, 0.25) is 0 Å². The fraction of sp³-hybridized carbons (Fsp3) is 0.111. The second kappa shape index (κ2) is 7.53. The van der Waals surface area contributed by atoms with Gasteiger partial charge in [-0.3, -0.25) is 4.79 Å². The maximum atomic E-state index is 12.7. The van der Waals surface area contributed by atoms with Gasteiger partial charge in [0.1, 0.15) is 17.5 Å². The minimum atomic E-state index is -1.04. The number of hydrogen-bond acceptors (Lipinski definition) is 5. The number of nitrogens with zero attached hydrogens (tertiary/aromatic N) is 3. The van der Waals surface area contributed by atoms with Crippen molar-refractivity contribution in [2.75, 3.05) is 0 Å². The van der Waals surface area contributed by atoms with Crippen LogP contribution in [-0.2, 0) is 4.79 Å². The fourth-order valence-electron chi connectivity index (χ4n) is 2.30. The molecule has 0 radical (unpaired) electrons. The van der Waals surface area contributed by atoms with Gasteiger partial charge >= 0.3 is 0 Å². The molecule has 0 spiro atoms. The summed E-state index contributed by atoms with van der Waals surface area (Å²) >= 11 is 0. The van der Waals surface area contributed by atoms with E-state index in [9.17, 15) is 15.3 Å². The minimum Gasteiger partial charge on any atom is -0.323 e. The van der Waals surface area contributed by atoms with Crippen molar-refractivity contribution in [3.05, 3.63) is 71.8 Å². The van der Waals surface area contributed by atoms with Crippen molar-refractivity contribution in [1.82, 2.24) is 0 Å². The van der Waals surface area contributed by atoms with Crippen molar-refractivity contribution in [3.63, 3.8) is 0 Å². The second-order valence-corrected chi connectivity index (χ2v) is 4.82. The third-order valence-electron chi connectivity index (χ3n) is 3.45. The first kappa shape index (κ1) is 15.9. The highest BCUT2D eigenvalue weighted by molar-refractivity contribution is 6.44. The zero-order chi connectivity index (χ0) is 16.7. The molecule has 112 valence electrons. The number of carbonyl (C=O) groups excluding carboxylic acids is 1. The Morgan fingerprint density at radius 2 is 1.30 bits per heavy atom. The van der Waals surface area contributed by atoms with Gasteiger partial charge in [0.25, 0.3) is 0 Å². The summed E-state index contributed by atoms with van der Waals surface area (Å²) in [5.74, 6) is 2.85. The van der Waals surface area contributed by atoms with Crippen molar-refractivity contribution >= 4 is 11.5 Å². The summed E-state index contributed by atoms with van der Waals surface area (Å²) in [6, 6.07) is 21.4. The van der Waals surface area contributed by atoms with Crippen LogP contribution >= 0.6 is 0 Å². The van der Waals surface area contributed by atoms with Crippen molar-refractivity contribution in [3.8, 4) is 12.1 Å². The van der Waals surface area contributed by atoms with E-state index in [0.717, 1.165) is 0 Å². The number of rotatable bonds is 5. The van der Waals surface area contributed by atoms with Crippen LogP contribution in [0.5, 0.6) is 0 Å². The number of benzene rings is 2. The summed E-state index contributed by atoms with van der Waals surface area (Å²) in [6.07, 6.45) is 0. The Morgan fingerprint density at radius 1 is 0.870 bits per heavy atom. The van der Waals surface area contributed by atoms with E-state index >= 15 is 0 Å². The predicted molar refractivity (Wildman–Crippen MR) is 86.2 cm³/mol. The first-order valence-electron chi connectivity index (χ1n) is 6.94. The maximum absolute atomic E-state index is 12.7. The lowest BCUT2D eigenvalue weighted by molar-refractivity contribution is -0.113. The smallest absolute Gasteiger partial charge is 0.202 e. The molecule has 2 atom stereocenters. The highest BCUT2D eigenvalue weighted by atomic mass is 16.1. The molecule has 0 fully saturated rings. The monoisotopic (exact) mass is 302 g/mol. The van der Waals surface area contributed by atoms with Crippen LogP contribution in [-0.4, -0.2) is 11.5 Å². The van der Waals surface area contributed by atoms with Crippen molar-refractivity contribution in [2.24, 2.45) is 10.9 Å². The largest absolute Gasteiger partial charge is 0.323 e. The Morgan fingerprint density at radius 3 is 1.70 bits per heavy atom. The number of nitrogens with two attached hydrogens (primary N) is 1. The lowest BCUT2D eigenvalue weighted by Crippen LogP contribution is -2.28. The molecule has 0 aromatic heterocycles. The van der Waals surface area contributed by atoms with Gasteiger partial charge in [0, 0.05) is 0 Å². The van der Waals surface area contributed by atoms with Crippen LogP contribution < -0.4 is 5.84 Å². The first-order valence-corrected chi connectivity index (χ1v) is 6.94. The molecule has 5 heteroatoms. The number of carbonyl (C=O) groups is 1. The van der Waals surface area contributed by atoms with Gasteiger partial charge in [-0.25, -0.2) is 0 Å². The molecule has 0 amide bonds. The average molecular weight is 302 g/mol. The van der Waals surface area contributed by atoms with E-state index in [4.69, 9.17) is 5.84 Å². The molecule has 2 aromatic rings. The summed E-state index contributed by atoms with van der Waals surface area (Å²) in [5.41, 5.74) is 1.04. The van der Waals surface area contributed by atoms with E-state index in [1.54, 1.807) is 60.7 Å². The van der Waals surface area contributed by atoms with Crippen LogP contribution in [0.4, 0.5) is 0 Å². The molecule has 0 aliphatic carbocycles. The number of hydrogen-bond donors (Lipinski definition) is 1. The summed E-state index contributed by atoms with van der Waals surface area (Å²) in [5, 5.41) is 22.3. The van der Waals surface area contributed by atoms with Crippen LogP contribution in [0.25, 0.3) is 0 Å². The number of nitriles is 2. The number of ketones is 1. The molecule has 0 saturated heterocycles. The molecular weight excluding hydrogens is 288 g/mol. The van der Waals surface area contributed by atoms with E-state index in [0.29, 0.717) is 11.1 Å². The summed E-state index contributed by atoms with van der Waals surface area (Å²) in [6.45, 7) is 0. The van der Waals surface area contributed by atoms with Crippen molar-refractivity contribution in [1.29, 1.82) is 10.5 Å². The Bertz CT molecular complexity index is 785. The van der Waals surface area contributed by atoms with Gasteiger partial charge < -0.3 is 5.84 Å². The maximum Gasteiger partial charge on any atom is 0.202 e. The number of Topliss-reactive ketones (excluding diaryl/α,β-unsaturated/α-hetero) is 1. The van der Waals surface area contributed by atoms with Gasteiger partial charge in [0.05, 0.1) is 12.1 Å². The molecule has 5 nitrogen and oxygen atoms in total. The second-order valence-electron chi connectivity index (χ2n) is 4.82. The minimum absolute atomic E-state index is 0.117. The normalized spacial score (nSPS) is 13.4. The fourth-order valence-corrected chi connectivity index (χ4v) is 2.30. The van der Waals surface area contributed by atoms with Gasteiger partial charge in [-0.1, -0.05) is 60.7 Å². The number of hydrazone groups is 1. The summed E-state index contributed by atoms with van der Waals surface area (Å²) in [7, 11) is 0. The molecule has 2 rings (SSSR count). The van der Waals surface area contributed by atoms with E-state index in [1.165, 1.54) is 0 Å². The first-order chi connectivity index (χ1) is 11.2. The van der Waals surface area contributed by atoms with Gasteiger partial charge in [0.2, 0.25) is 5.78 Å². The summed E-state index contributed by atoms with van der Waals surface area (Å²) < 4.78 is 0. The predicted octanol–water partition coefficient (Wildman–Crippen LogP) is 2.48. The molecule has 0 heterocycles. The molecule has 2 aromatic carbocycles. The van der Waals surface area contributed by atoms with Crippen LogP contribution in [0, 0.1) is 22.7 Å². The third kappa shape index (κ3) is 3.42. The van der Waals surface area contributed by atoms with Gasteiger partial charge in [0.15, 0.2) is 0 Å². The average Bonchev–Trinajstić information content (AvgIpc) is 2.61. The van der Waals surface area contributed by atoms with E-state index < -0.39 is 17.6 Å². The SMILES string of the molecule is N#C[C@H](C(=O)/C(=N/N)[C@H](C#N)c1ccccc1)c1ccccc1. The zero-order valence-corrected chi connectivity index (χ0v) is 12.3. The van der Waals surface area contributed by atoms with Crippen LogP contribution in [0.1, 0.15) is 23.0 Å². The molecule has 2 N–H and O–H groups in total. The lowest BCUT2D eigenvalue weighted by Gasteiger charge is -2.14. The Kier molecular flexibility index (Phi) is 5.22. The molecular formula is C18H14N4O. The molecule has 0 bridgehead atoms. The molecule has 23 heavy (non-hydrogen) atoms. The molecule has 0 aliphatic rings. The van der Waals surface area contributed by atoms with Crippen LogP contribution in [0.15, 0.2) is 65.8 Å². The van der Waals surface area contributed by atoms with Gasteiger partial charge in [-0.15, -0.1) is 0 Å². The van der Waals surface area contributed by atoms with Gasteiger partial charge in [-0.2, -0.15) is 15.6 Å². The highest BCUT2D eigenvalue weighted by Crippen LogP contribution is 2.23. The van der Waals surface area contributed by atoms with E-state index in [2.05, 4.69) is 5.10 Å². The van der Waals surface area contributed by atoms with E-state index in [-0.39, 0.29) is 5.71 Å². The van der Waals surface area contributed by atoms with Crippen LogP contribution in [0.3, 0.4) is 0 Å². The molecule has 0 aliphatic heterocycles. The van der Waals surface area contributed by atoms with Crippen molar-refractivity contribution in [2.45, 2.75) is 11.8 Å². The quantitative estimate of drug-likeness (QED) is 0.520. The Balaban J connectivity index is 2.39. The third-order valence-corrected chi connectivity index (χ3v) is 3.45. The lowest BCUT2D eigenvalue weighted by atomic mass is 9.86. The Labute approximate surface area is 134 Å². The molecule has 0 saturated carbocycles. The topological polar surface area (TPSA) is 103 Å². The highest BCUT2D eigenvalue weighted by Gasteiger charge is 2.31.